The van der Waals surface area contributed by atoms with Gasteiger partial charge in [0.15, 0.2) is 11.5 Å². The minimum Gasteiger partial charge on any atom is -0.489 e. The SMILES string of the molecule is CC(C)c1ncc(C(=O)NC2C(C)(C)C(Oc3ccc(C#N)c(Cl)c3)C2(C)C)nn1. The Labute approximate surface area is 181 Å². The molecule has 1 heterocycles. The molecule has 0 radical (unpaired) electrons. The number of amides is 1. The van der Waals surface area contributed by atoms with Crippen LogP contribution < -0.4 is 10.1 Å². The van der Waals surface area contributed by atoms with Crippen LogP contribution in [0.4, 0.5) is 0 Å². The predicted octanol–water partition coefficient (Wildman–Crippen LogP) is 4.13. The fraction of sp³-hybridized carbons (Fsp3) is 0.500. The number of rotatable bonds is 5. The van der Waals surface area contributed by atoms with Crippen LogP contribution in [-0.4, -0.2) is 33.2 Å². The first-order valence-electron chi connectivity index (χ1n) is 9.85. The number of hydrogen-bond acceptors (Lipinski definition) is 6. The molecule has 1 saturated carbocycles. The highest BCUT2D eigenvalue weighted by Crippen LogP contribution is 2.55. The van der Waals surface area contributed by atoms with E-state index in [1.54, 1.807) is 18.2 Å². The van der Waals surface area contributed by atoms with Crippen molar-refractivity contribution in [3.8, 4) is 11.8 Å². The quantitative estimate of drug-likeness (QED) is 0.769. The Morgan fingerprint density at radius 3 is 2.40 bits per heavy atom. The topological polar surface area (TPSA) is 101 Å². The summed E-state index contributed by atoms with van der Waals surface area (Å²) in [4.78, 5) is 17.0. The first-order valence-corrected chi connectivity index (χ1v) is 10.2. The smallest absolute Gasteiger partial charge is 0.273 e. The maximum absolute atomic E-state index is 12.7. The number of hydrogen-bond donors (Lipinski definition) is 1. The van der Waals surface area contributed by atoms with Crippen LogP contribution in [0.1, 0.15) is 69.3 Å². The van der Waals surface area contributed by atoms with Crippen molar-refractivity contribution in [1.82, 2.24) is 20.5 Å². The van der Waals surface area contributed by atoms with Gasteiger partial charge in [0.1, 0.15) is 17.9 Å². The number of nitriles is 1. The van der Waals surface area contributed by atoms with Gasteiger partial charge in [-0.3, -0.25) is 4.79 Å². The highest BCUT2D eigenvalue weighted by molar-refractivity contribution is 6.31. The summed E-state index contributed by atoms with van der Waals surface area (Å²) in [7, 11) is 0. The van der Waals surface area contributed by atoms with Gasteiger partial charge in [0, 0.05) is 28.9 Å². The van der Waals surface area contributed by atoms with Crippen molar-refractivity contribution in [3.05, 3.63) is 46.5 Å². The van der Waals surface area contributed by atoms with Gasteiger partial charge in [-0.1, -0.05) is 53.1 Å². The highest BCUT2D eigenvalue weighted by Gasteiger charge is 2.64. The molecule has 0 bridgehead atoms. The Kier molecular flexibility index (Phi) is 5.74. The zero-order chi connectivity index (χ0) is 22.3. The van der Waals surface area contributed by atoms with E-state index in [0.29, 0.717) is 22.2 Å². The van der Waals surface area contributed by atoms with Crippen molar-refractivity contribution >= 4 is 17.5 Å². The molecule has 2 aromatic rings. The van der Waals surface area contributed by atoms with Crippen LogP contribution in [-0.2, 0) is 0 Å². The second-order valence-electron chi connectivity index (χ2n) is 9.16. The molecular formula is C22H26ClN5O2. The number of nitrogens with zero attached hydrogens (tertiary/aromatic N) is 4. The summed E-state index contributed by atoms with van der Waals surface area (Å²) < 4.78 is 6.24. The molecule has 1 N–H and O–H groups in total. The Morgan fingerprint density at radius 2 is 1.90 bits per heavy atom. The molecule has 1 fully saturated rings. The van der Waals surface area contributed by atoms with Gasteiger partial charge in [-0.05, 0) is 12.1 Å². The lowest BCUT2D eigenvalue weighted by atomic mass is 9.49. The summed E-state index contributed by atoms with van der Waals surface area (Å²) in [5.41, 5.74) is -0.106. The molecule has 0 spiro atoms. The second-order valence-corrected chi connectivity index (χ2v) is 9.56. The Balaban J connectivity index is 1.74. The molecule has 0 aliphatic heterocycles. The van der Waals surface area contributed by atoms with E-state index in [-0.39, 0.29) is 40.5 Å². The minimum atomic E-state index is -0.349. The van der Waals surface area contributed by atoms with Crippen molar-refractivity contribution in [2.45, 2.75) is 59.6 Å². The maximum atomic E-state index is 12.7. The maximum Gasteiger partial charge on any atom is 0.273 e. The van der Waals surface area contributed by atoms with E-state index in [0.717, 1.165) is 0 Å². The molecule has 0 atom stereocenters. The summed E-state index contributed by atoms with van der Waals surface area (Å²) >= 11 is 6.13. The van der Waals surface area contributed by atoms with Crippen molar-refractivity contribution in [2.75, 3.05) is 0 Å². The van der Waals surface area contributed by atoms with Gasteiger partial charge >= 0.3 is 0 Å². The number of aromatic nitrogens is 3. The number of ether oxygens (including phenoxy) is 1. The molecule has 7 nitrogen and oxygen atoms in total. The zero-order valence-corrected chi connectivity index (χ0v) is 18.8. The van der Waals surface area contributed by atoms with Crippen LogP contribution in [0.2, 0.25) is 5.02 Å². The van der Waals surface area contributed by atoms with E-state index in [1.165, 1.54) is 6.20 Å². The van der Waals surface area contributed by atoms with Crippen LogP contribution in [0.3, 0.4) is 0 Å². The molecule has 3 rings (SSSR count). The van der Waals surface area contributed by atoms with Gasteiger partial charge < -0.3 is 10.1 Å². The Morgan fingerprint density at radius 1 is 1.23 bits per heavy atom. The van der Waals surface area contributed by atoms with Crippen molar-refractivity contribution in [1.29, 1.82) is 5.26 Å². The van der Waals surface area contributed by atoms with Gasteiger partial charge in [0.05, 0.1) is 16.8 Å². The number of halogens is 1. The molecule has 1 aliphatic rings. The van der Waals surface area contributed by atoms with Crippen LogP contribution >= 0.6 is 11.6 Å². The van der Waals surface area contributed by atoms with Crippen LogP contribution in [0.5, 0.6) is 5.75 Å². The van der Waals surface area contributed by atoms with Gasteiger partial charge in [-0.15, -0.1) is 10.2 Å². The standard InChI is InChI=1S/C22H26ClN5O2/c1-12(2)17-25-11-16(27-28-17)18(29)26-19-21(3,4)20(22(19,5)6)30-14-8-7-13(10-24)15(23)9-14/h7-9,11-12,19-20H,1-6H3,(H,26,29). The molecule has 0 saturated heterocycles. The van der Waals surface area contributed by atoms with E-state index in [2.05, 4.69) is 20.5 Å². The molecule has 30 heavy (non-hydrogen) atoms. The highest BCUT2D eigenvalue weighted by atomic mass is 35.5. The Bertz CT molecular complexity index is 980. The van der Waals surface area contributed by atoms with Gasteiger partial charge in [0.2, 0.25) is 0 Å². The van der Waals surface area contributed by atoms with Crippen LogP contribution in [0.25, 0.3) is 0 Å². The third kappa shape index (κ3) is 3.84. The van der Waals surface area contributed by atoms with Crippen molar-refractivity contribution in [3.63, 3.8) is 0 Å². The van der Waals surface area contributed by atoms with E-state index in [9.17, 15) is 4.79 Å². The lowest BCUT2D eigenvalue weighted by Gasteiger charge is -2.63. The fourth-order valence-corrected chi connectivity index (χ4v) is 4.67. The van der Waals surface area contributed by atoms with E-state index < -0.39 is 0 Å². The van der Waals surface area contributed by atoms with E-state index in [4.69, 9.17) is 21.6 Å². The van der Waals surface area contributed by atoms with Crippen LogP contribution in [0.15, 0.2) is 24.4 Å². The first-order chi connectivity index (χ1) is 14.0. The second kappa shape index (κ2) is 7.84. The lowest BCUT2D eigenvalue weighted by molar-refractivity contribution is -0.164. The number of carbonyl (C=O) groups excluding carboxylic acids is 1. The molecule has 1 amide bonds. The molecule has 1 aromatic carbocycles. The minimum absolute atomic E-state index is 0.146. The predicted molar refractivity (Wildman–Crippen MR) is 113 cm³/mol. The third-order valence-electron chi connectivity index (χ3n) is 5.76. The molecule has 1 aromatic heterocycles. The average molecular weight is 428 g/mol. The summed E-state index contributed by atoms with van der Waals surface area (Å²) in [5, 5.41) is 20.5. The van der Waals surface area contributed by atoms with Crippen molar-refractivity contribution < 1.29 is 9.53 Å². The van der Waals surface area contributed by atoms with Gasteiger partial charge in [0.25, 0.3) is 5.91 Å². The summed E-state index contributed by atoms with van der Waals surface area (Å²) in [6, 6.07) is 6.91. The summed E-state index contributed by atoms with van der Waals surface area (Å²) in [5.74, 6) is 1.03. The lowest BCUT2D eigenvalue weighted by Crippen LogP contribution is -2.74. The normalized spacial score (nSPS) is 21.4. The van der Waals surface area contributed by atoms with Crippen LogP contribution in [0, 0.1) is 22.2 Å². The molecule has 158 valence electrons. The largest absolute Gasteiger partial charge is 0.489 e. The monoisotopic (exact) mass is 427 g/mol. The molecule has 8 heteroatoms. The van der Waals surface area contributed by atoms with E-state index in [1.807, 2.05) is 47.6 Å². The summed E-state index contributed by atoms with van der Waals surface area (Å²) in [6.07, 6.45) is 1.29. The fourth-order valence-electron chi connectivity index (χ4n) is 4.45. The van der Waals surface area contributed by atoms with Crippen molar-refractivity contribution in [2.24, 2.45) is 10.8 Å². The first kappa shape index (κ1) is 22.0. The Hall–Kier alpha value is -2.72. The molecule has 1 aliphatic carbocycles. The summed E-state index contributed by atoms with van der Waals surface area (Å²) in [6.45, 7) is 12.1. The average Bonchev–Trinajstić information content (AvgIpc) is 2.69. The molecule has 0 unspecified atom stereocenters. The molecular weight excluding hydrogens is 402 g/mol. The number of benzene rings is 1. The van der Waals surface area contributed by atoms with Gasteiger partial charge in [-0.25, -0.2) is 4.98 Å². The number of nitrogens with one attached hydrogen (secondary N) is 1. The number of carbonyl (C=O) groups is 1. The zero-order valence-electron chi connectivity index (χ0n) is 18.0. The van der Waals surface area contributed by atoms with Gasteiger partial charge in [-0.2, -0.15) is 5.26 Å². The third-order valence-corrected chi connectivity index (χ3v) is 6.07. The van der Waals surface area contributed by atoms with E-state index >= 15 is 0 Å².